The van der Waals surface area contributed by atoms with Crippen molar-refractivity contribution in [2.24, 2.45) is 5.92 Å². The first-order valence-corrected chi connectivity index (χ1v) is 7.63. The Labute approximate surface area is 124 Å². The highest BCUT2D eigenvalue weighted by Crippen LogP contribution is 2.49. The molecule has 2 atom stereocenters. The van der Waals surface area contributed by atoms with Crippen molar-refractivity contribution in [2.75, 3.05) is 20.2 Å². The number of fused-ring (bicyclic) bond motifs is 4. The molecular weight excluding hydrogens is 266 g/mol. The average molecular weight is 285 g/mol. The van der Waals surface area contributed by atoms with Crippen molar-refractivity contribution in [2.45, 2.75) is 25.2 Å². The Hall–Kier alpha value is -1.97. The first kappa shape index (κ1) is 12.7. The molecule has 0 saturated carbocycles. The maximum absolute atomic E-state index is 12.1. The third-order valence-electron chi connectivity index (χ3n) is 4.85. The Morgan fingerprint density at radius 3 is 3.00 bits per heavy atom. The Morgan fingerprint density at radius 2 is 2.14 bits per heavy atom. The van der Waals surface area contributed by atoms with E-state index in [1.807, 2.05) is 12.1 Å². The average Bonchev–Trinajstić information content (AvgIpc) is 2.92. The van der Waals surface area contributed by atoms with Crippen molar-refractivity contribution in [3.8, 4) is 5.75 Å². The fourth-order valence-electron chi connectivity index (χ4n) is 3.89. The molecule has 0 N–H and O–H groups in total. The van der Waals surface area contributed by atoms with Crippen LogP contribution in [-0.4, -0.2) is 31.1 Å². The standard InChI is InChI=1S/C17H19NO3/c1-20-17(19)13-6-4-9-18-10-8-12-11-5-2-3-7-14(11)21-16(12)15(13)18/h2-3,5,7,12-13H,4,6,8-10H2,1H3. The molecule has 1 aromatic carbocycles. The lowest BCUT2D eigenvalue weighted by Gasteiger charge is -2.40. The van der Waals surface area contributed by atoms with E-state index in [2.05, 4.69) is 17.0 Å². The number of rotatable bonds is 1. The number of hydrogen-bond donors (Lipinski definition) is 0. The SMILES string of the molecule is COC(=O)C1CCCN2CCC3C(=C12)Oc1ccccc13. The second-order valence-corrected chi connectivity index (χ2v) is 5.94. The molecule has 2 unspecified atom stereocenters. The van der Waals surface area contributed by atoms with Crippen LogP contribution in [0.2, 0.25) is 0 Å². The summed E-state index contributed by atoms with van der Waals surface area (Å²) in [6.45, 7) is 2.01. The molecule has 110 valence electrons. The maximum atomic E-state index is 12.1. The summed E-state index contributed by atoms with van der Waals surface area (Å²) in [7, 11) is 1.47. The third-order valence-corrected chi connectivity index (χ3v) is 4.85. The van der Waals surface area contributed by atoms with Gasteiger partial charge in [-0.15, -0.1) is 0 Å². The predicted octanol–water partition coefficient (Wildman–Crippen LogP) is 2.66. The molecule has 1 fully saturated rings. The Morgan fingerprint density at radius 1 is 1.29 bits per heavy atom. The van der Waals surface area contributed by atoms with Crippen LogP contribution in [0.3, 0.4) is 0 Å². The minimum Gasteiger partial charge on any atom is -0.469 e. The molecule has 1 saturated heterocycles. The summed E-state index contributed by atoms with van der Waals surface area (Å²) in [4.78, 5) is 14.5. The highest BCUT2D eigenvalue weighted by atomic mass is 16.5. The first-order chi connectivity index (χ1) is 10.3. The van der Waals surface area contributed by atoms with Gasteiger partial charge in [0, 0.05) is 24.6 Å². The third kappa shape index (κ3) is 1.85. The highest BCUT2D eigenvalue weighted by Gasteiger charge is 2.43. The largest absolute Gasteiger partial charge is 0.469 e. The van der Waals surface area contributed by atoms with Crippen molar-refractivity contribution >= 4 is 5.97 Å². The molecule has 3 heterocycles. The minimum absolute atomic E-state index is 0.137. The number of piperidine rings is 1. The quantitative estimate of drug-likeness (QED) is 0.744. The zero-order valence-corrected chi connectivity index (χ0v) is 12.2. The zero-order chi connectivity index (χ0) is 14.4. The van der Waals surface area contributed by atoms with Gasteiger partial charge in [0.05, 0.1) is 12.8 Å². The van der Waals surface area contributed by atoms with Gasteiger partial charge >= 0.3 is 5.97 Å². The van der Waals surface area contributed by atoms with E-state index < -0.39 is 0 Å². The van der Waals surface area contributed by atoms with Crippen molar-refractivity contribution < 1.29 is 14.3 Å². The molecule has 0 aliphatic carbocycles. The van der Waals surface area contributed by atoms with Crippen molar-refractivity contribution in [3.63, 3.8) is 0 Å². The summed E-state index contributed by atoms with van der Waals surface area (Å²) < 4.78 is 11.1. The van der Waals surface area contributed by atoms with E-state index >= 15 is 0 Å². The number of methoxy groups -OCH3 is 1. The molecule has 3 aliphatic heterocycles. The van der Waals surface area contributed by atoms with Crippen LogP contribution in [0, 0.1) is 5.92 Å². The number of allylic oxidation sites excluding steroid dienone is 1. The van der Waals surface area contributed by atoms with Crippen LogP contribution in [0.25, 0.3) is 0 Å². The fourth-order valence-corrected chi connectivity index (χ4v) is 3.89. The normalized spacial score (nSPS) is 26.6. The Balaban J connectivity index is 1.81. The number of carbonyl (C=O) groups excluding carboxylic acids is 1. The Bertz CT molecular complexity index is 622. The number of carbonyl (C=O) groups is 1. The van der Waals surface area contributed by atoms with Crippen LogP contribution in [0.5, 0.6) is 5.75 Å². The van der Waals surface area contributed by atoms with Gasteiger partial charge in [0.1, 0.15) is 17.4 Å². The van der Waals surface area contributed by atoms with Crippen LogP contribution in [-0.2, 0) is 9.53 Å². The number of nitrogens with zero attached hydrogens (tertiary/aromatic N) is 1. The van der Waals surface area contributed by atoms with Crippen molar-refractivity contribution in [1.29, 1.82) is 0 Å². The zero-order valence-electron chi connectivity index (χ0n) is 12.2. The van der Waals surface area contributed by atoms with Gasteiger partial charge in [0.15, 0.2) is 0 Å². The summed E-state index contributed by atoms with van der Waals surface area (Å²) in [6.07, 6.45) is 2.95. The van der Waals surface area contributed by atoms with Gasteiger partial charge in [-0.1, -0.05) is 18.2 Å². The molecule has 0 amide bonds. The molecule has 0 radical (unpaired) electrons. The van der Waals surface area contributed by atoms with Crippen LogP contribution in [0.4, 0.5) is 0 Å². The van der Waals surface area contributed by atoms with Gasteiger partial charge in [-0.05, 0) is 25.3 Å². The van der Waals surface area contributed by atoms with Gasteiger partial charge in [-0.25, -0.2) is 0 Å². The van der Waals surface area contributed by atoms with E-state index in [1.54, 1.807) is 0 Å². The lowest BCUT2D eigenvalue weighted by molar-refractivity contribution is -0.145. The molecule has 0 spiro atoms. The summed E-state index contributed by atoms with van der Waals surface area (Å²) in [5.74, 6) is 1.93. The number of hydrogen-bond acceptors (Lipinski definition) is 4. The first-order valence-electron chi connectivity index (χ1n) is 7.63. The van der Waals surface area contributed by atoms with Crippen LogP contribution >= 0.6 is 0 Å². The van der Waals surface area contributed by atoms with E-state index in [9.17, 15) is 4.79 Å². The smallest absolute Gasteiger partial charge is 0.314 e. The lowest BCUT2D eigenvalue weighted by Crippen LogP contribution is -2.42. The summed E-state index contributed by atoms with van der Waals surface area (Å²) in [5.41, 5.74) is 2.33. The molecule has 0 aromatic heterocycles. The van der Waals surface area contributed by atoms with Crippen LogP contribution in [0.15, 0.2) is 35.7 Å². The molecule has 4 nitrogen and oxygen atoms in total. The summed E-state index contributed by atoms with van der Waals surface area (Å²) >= 11 is 0. The number of esters is 1. The minimum atomic E-state index is -0.170. The maximum Gasteiger partial charge on any atom is 0.314 e. The van der Waals surface area contributed by atoms with E-state index in [-0.39, 0.29) is 11.9 Å². The topological polar surface area (TPSA) is 38.8 Å². The van der Waals surface area contributed by atoms with Gasteiger partial charge in [0.2, 0.25) is 0 Å². The molecule has 4 heteroatoms. The molecular formula is C17H19NO3. The molecule has 21 heavy (non-hydrogen) atoms. The van der Waals surface area contributed by atoms with Gasteiger partial charge in [0.25, 0.3) is 0 Å². The van der Waals surface area contributed by atoms with Crippen LogP contribution < -0.4 is 4.74 Å². The van der Waals surface area contributed by atoms with Gasteiger partial charge in [-0.2, -0.15) is 0 Å². The van der Waals surface area contributed by atoms with Gasteiger partial charge < -0.3 is 14.4 Å². The second-order valence-electron chi connectivity index (χ2n) is 5.94. The van der Waals surface area contributed by atoms with Crippen molar-refractivity contribution in [3.05, 3.63) is 41.3 Å². The molecule has 4 rings (SSSR count). The number of benzene rings is 1. The summed E-state index contributed by atoms with van der Waals surface area (Å²) in [6, 6.07) is 8.21. The van der Waals surface area contributed by atoms with E-state index in [4.69, 9.17) is 9.47 Å². The second kappa shape index (κ2) is 4.79. The molecule has 3 aliphatic rings. The monoisotopic (exact) mass is 285 g/mol. The van der Waals surface area contributed by atoms with Gasteiger partial charge in [-0.3, -0.25) is 4.79 Å². The number of para-hydroxylation sites is 1. The van der Waals surface area contributed by atoms with E-state index in [0.717, 1.165) is 49.6 Å². The summed E-state index contributed by atoms with van der Waals surface area (Å²) in [5, 5.41) is 0. The van der Waals surface area contributed by atoms with Crippen molar-refractivity contribution in [1.82, 2.24) is 4.90 Å². The molecule has 1 aromatic rings. The Kier molecular flexibility index (Phi) is 2.91. The lowest BCUT2D eigenvalue weighted by atomic mass is 9.84. The predicted molar refractivity (Wildman–Crippen MR) is 77.8 cm³/mol. The van der Waals surface area contributed by atoms with E-state index in [1.165, 1.54) is 12.7 Å². The van der Waals surface area contributed by atoms with E-state index in [0.29, 0.717) is 5.92 Å². The fraction of sp³-hybridized carbons (Fsp3) is 0.471. The molecule has 0 bridgehead atoms. The van der Waals surface area contributed by atoms with Crippen LogP contribution in [0.1, 0.15) is 30.7 Å². The number of ether oxygens (including phenoxy) is 2. The highest BCUT2D eigenvalue weighted by molar-refractivity contribution is 5.76.